The monoisotopic (exact) mass is 927 g/mol. The molecule has 21 heteroatoms. The number of ether oxygens (including phenoxy) is 2. The minimum atomic E-state index is -4.29. The summed E-state index contributed by atoms with van der Waals surface area (Å²) in [6.07, 6.45) is -0.295. The number of unbranched alkanes of at least 4 members (excludes halogenated alkanes) is 4. The van der Waals surface area contributed by atoms with Gasteiger partial charge in [-0.15, -0.1) is 0 Å². The van der Waals surface area contributed by atoms with Gasteiger partial charge in [0.1, 0.15) is 24.5 Å². The molecule has 2 aromatic rings. The number of hydrogen-bond donors (Lipinski definition) is 3. The van der Waals surface area contributed by atoms with Crippen molar-refractivity contribution in [2.24, 2.45) is 5.73 Å². The fraction of sp³-hybridized carbons (Fsp3) is 0.756. The van der Waals surface area contributed by atoms with E-state index in [0.717, 1.165) is 14.5 Å². The van der Waals surface area contributed by atoms with Crippen molar-refractivity contribution < 1.29 is 41.1 Å². The van der Waals surface area contributed by atoms with Gasteiger partial charge in [-0.2, -0.15) is 8.42 Å². The third-order valence-electron chi connectivity index (χ3n) is 13.5. The molecule has 18 nitrogen and oxygen atoms in total. The first-order valence-corrected chi connectivity index (χ1v) is 28.8. The first kappa shape index (κ1) is 50.0. The summed E-state index contributed by atoms with van der Waals surface area (Å²) < 4.78 is 63.2. The molecule has 62 heavy (non-hydrogen) atoms. The van der Waals surface area contributed by atoms with E-state index in [0.29, 0.717) is 37.7 Å². The fourth-order valence-electron chi connectivity index (χ4n) is 7.63. The Hall–Kier alpha value is -3.00. The van der Waals surface area contributed by atoms with Gasteiger partial charge in [-0.25, -0.2) is 13.8 Å². The molecule has 3 aliphatic rings. The highest BCUT2D eigenvalue weighted by molar-refractivity contribution is 7.90. The summed E-state index contributed by atoms with van der Waals surface area (Å²) in [7, 11) is -9.52. The number of nitrogens with two attached hydrogens (primary N) is 1. The van der Waals surface area contributed by atoms with Gasteiger partial charge in [-0.1, -0.05) is 60.8 Å². The van der Waals surface area contributed by atoms with E-state index in [4.69, 9.17) is 28.2 Å². The van der Waals surface area contributed by atoms with E-state index in [1.807, 2.05) is 33.9 Å². The van der Waals surface area contributed by atoms with E-state index in [1.165, 1.54) is 21.5 Å². The van der Waals surface area contributed by atoms with E-state index in [-0.39, 0.29) is 47.5 Å². The molecule has 0 aliphatic carbocycles. The predicted octanol–water partition coefficient (Wildman–Crippen LogP) is 3.45. The fourth-order valence-corrected chi connectivity index (χ4v) is 11.1. The number of hydrogen-bond acceptors (Lipinski definition) is 14. The summed E-state index contributed by atoms with van der Waals surface area (Å²) in [4.78, 5) is 54.3. The topological polar surface area (TPSA) is 235 Å². The Kier molecular flexibility index (Phi) is 14.6. The van der Waals surface area contributed by atoms with Gasteiger partial charge in [-0.05, 0) is 63.0 Å². The van der Waals surface area contributed by atoms with Crippen LogP contribution in [0.4, 0.5) is 0 Å². The lowest BCUT2D eigenvalue weighted by Crippen LogP contribution is -2.59. The number of aliphatic hydroxyl groups excluding tert-OH is 2. The minimum absolute atomic E-state index is 0.0833. The van der Waals surface area contributed by atoms with Gasteiger partial charge in [0.05, 0.1) is 30.4 Å². The third-order valence-corrected chi connectivity index (χ3v) is 23.5. The van der Waals surface area contributed by atoms with Crippen LogP contribution < -0.4 is 28.2 Å². The van der Waals surface area contributed by atoms with Gasteiger partial charge in [0, 0.05) is 43.0 Å². The van der Waals surface area contributed by atoms with Crippen molar-refractivity contribution in [2.75, 3.05) is 13.2 Å². The Bertz CT molecular complexity index is 2360. The number of aromatic nitrogens is 4. The van der Waals surface area contributed by atoms with Crippen LogP contribution in [0.2, 0.25) is 36.3 Å². The van der Waals surface area contributed by atoms with Gasteiger partial charge in [0.15, 0.2) is 28.5 Å². The highest BCUT2D eigenvalue weighted by atomic mass is 32.2. The SMILES string of the molecule is Cc1cn(C2CC(O)C(CO)O2)c(=O)n(CCCCCCCn2c(=O)c(C)cn([C@@H]3O[C@H](CO[Si](C)(C)C(C)(C)C)C4(OS(=O)(=O)C=C4N)[C@H]3O[Si](C)(C)C(C)(C)C)c2=O)c1=O. The molecule has 1 spiro atoms. The first-order valence-electron chi connectivity index (χ1n) is 21.5. The predicted molar refractivity (Wildman–Crippen MR) is 238 cm³/mol. The molecule has 7 atom stereocenters. The van der Waals surface area contributed by atoms with Gasteiger partial charge >= 0.3 is 11.4 Å². The lowest BCUT2D eigenvalue weighted by atomic mass is 9.89. The lowest BCUT2D eigenvalue weighted by Gasteiger charge is -2.43. The van der Waals surface area contributed by atoms with Gasteiger partial charge < -0.3 is 34.3 Å². The summed E-state index contributed by atoms with van der Waals surface area (Å²) in [5, 5.41) is 20.0. The Morgan fingerprint density at radius 1 is 0.823 bits per heavy atom. The molecule has 0 amide bonds. The molecule has 3 aliphatic heterocycles. The van der Waals surface area contributed by atoms with Crippen LogP contribution in [0.15, 0.2) is 42.7 Å². The van der Waals surface area contributed by atoms with E-state index in [9.17, 15) is 37.8 Å². The van der Waals surface area contributed by atoms with Crippen molar-refractivity contribution in [3.8, 4) is 0 Å². The molecule has 0 saturated carbocycles. The number of aliphatic hydroxyl groups is 2. The lowest BCUT2D eigenvalue weighted by molar-refractivity contribution is -0.0567. The van der Waals surface area contributed by atoms with Gasteiger partial charge in [-0.3, -0.25) is 27.9 Å². The van der Waals surface area contributed by atoms with Crippen LogP contribution in [0, 0.1) is 13.8 Å². The Morgan fingerprint density at radius 3 is 1.79 bits per heavy atom. The normalized spacial score (nSPS) is 26.8. The van der Waals surface area contributed by atoms with E-state index >= 15 is 0 Å². The zero-order chi connectivity index (χ0) is 46.5. The summed E-state index contributed by atoms with van der Waals surface area (Å²) in [5.74, 6) is 0. The summed E-state index contributed by atoms with van der Waals surface area (Å²) >= 11 is 0. The average Bonchev–Trinajstić information content (AvgIpc) is 3.76. The van der Waals surface area contributed by atoms with Crippen molar-refractivity contribution in [1.82, 2.24) is 18.3 Å². The molecular weight excluding hydrogens is 859 g/mol. The molecule has 4 N–H and O–H groups in total. The molecular formula is C41H69N5O13SSi2. The molecule has 0 radical (unpaired) electrons. The second-order valence-electron chi connectivity index (χ2n) is 20.1. The van der Waals surface area contributed by atoms with E-state index in [1.54, 1.807) is 13.8 Å². The molecule has 2 fully saturated rings. The Balaban J connectivity index is 1.37. The zero-order valence-electron chi connectivity index (χ0n) is 38.4. The smallest absolute Gasteiger partial charge is 0.333 e. The molecule has 5 rings (SSSR count). The van der Waals surface area contributed by atoms with E-state index < -0.39 is 98.3 Å². The molecule has 5 heterocycles. The van der Waals surface area contributed by atoms with Crippen LogP contribution in [0.5, 0.6) is 0 Å². The van der Waals surface area contributed by atoms with Crippen LogP contribution in [0.1, 0.15) is 104 Å². The standard InChI is InChI=1S/C41H69N5O13SSi2/c1-26-21-45(32-20-28(48)29(23-47)56-32)37(51)43(34(26)49)18-16-14-13-15-17-19-44-35(50)27(2)22-46(38(44)52)36-33(58-62(11,12)40(6,7)8)41(30(42)25-60(53,54)59-41)31(57-36)24-55-61(9,10)39(3,4)5/h21-22,25,28-29,31-33,36,47-48H,13-20,23-24,42H2,1-12H3/t28?,29?,31-,32?,33+,36-,41?/m1/s1. The number of aryl methyl sites for hydroxylation is 2. The third kappa shape index (κ3) is 9.81. The van der Waals surface area contributed by atoms with Crippen LogP contribution in [-0.4, -0.2) is 96.8 Å². The maximum absolute atomic E-state index is 14.5. The van der Waals surface area contributed by atoms with Crippen LogP contribution in [0.3, 0.4) is 0 Å². The average molecular weight is 928 g/mol. The highest BCUT2D eigenvalue weighted by Crippen LogP contribution is 2.52. The summed E-state index contributed by atoms with van der Waals surface area (Å²) in [5.41, 5.74) is 3.12. The van der Waals surface area contributed by atoms with Crippen molar-refractivity contribution in [3.05, 3.63) is 76.3 Å². The van der Waals surface area contributed by atoms with Crippen LogP contribution >= 0.6 is 0 Å². The largest absolute Gasteiger partial charge is 0.414 e. The molecule has 0 aromatic carbocycles. The molecule has 2 aromatic heterocycles. The zero-order valence-corrected chi connectivity index (χ0v) is 41.2. The minimum Gasteiger partial charge on any atom is -0.414 e. The van der Waals surface area contributed by atoms with Crippen LogP contribution in [0.25, 0.3) is 0 Å². The Morgan fingerprint density at radius 2 is 1.32 bits per heavy atom. The molecule has 2 saturated heterocycles. The number of nitrogens with zero attached hydrogens (tertiary/aromatic N) is 4. The first-order chi connectivity index (χ1) is 28.5. The van der Waals surface area contributed by atoms with E-state index in [2.05, 4.69) is 33.9 Å². The maximum atomic E-state index is 14.5. The summed E-state index contributed by atoms with van der Waals surface area (Å²) in [6, 6.07) is 0. The van der Waals surface area contributed by atoms with Crippen molar-refractivity contribution >= 4 is 26.8 Å². The second kappa shape index (κ2) is 18.1. The number of rotatable bonds is 16. The summed E-state index contributed by atoms with van der Waals surface area (Å²) in [6.45, 7) is 23.4. The van der Waals surface area contributed by atoms with Crippen molar-refractivity contribution in [3.63, 3.8) is 0 Å². The van der Waals surface area contributed by atoms with Crippen molar-refractivity contribution in [1.29, 1.82) is 0 Å². The van der Waals surface area contributed by atoms with Crippen LogP contribution in [-0.2, 0) is 45.7 Å². The maximum Gasteiger partial charge on any atom is 0.333 e. The molecule has 0 bridgehead atoms. The van der Waals surface area contributed by atoms with Gasteiger partial charge in [0.25, 0.3) is 21.2 Å². The molecule has 350 valence electrons. The molecule has 4 unspecified atom stereocenters. The van der Waals surface area contributed by atoms with Crippen molar-refractivity contribution in [2.45, 2.75) is 186 Å². The highest BCUT2D eigenvalue weighted by Gasteiger charge is 2.67. The second-order valence-corrected chi connectivity index (χ2v) is 31.1. The quantitative estimate of drug-likeness (QED) is 0.124. The van der Waals surface area contributed by atoms with Gasteiger partial charge in [0.2, 0.25) is 0 Å². The Labute approximate surface area is 366 Å².